The Balaban J connectivity index is 0.00000338. The average molecular weight is 491 g/mol. The largest absolute Gasteiger partial charge is 0.355 e. The number of hydrogen-bond donors (Lipinski definition) is 4. The van der Waals surface area contributed by atoms with E-state index < -0.39 is 0 Å². The van der Waals surface area contributed by atoms with Crippen molar-refractivity contribution in [1.29, 1.82) is 0 Å². The van der Waals surface area contributed by atoms with Crippen LogP contribution >= 0.6 is 35.7 Å². The molecule has 0 bridgehead atoms. The van der Waals surface area contributed by atoms with Crippen molar-refractivity contribution in [1.82, 2.24) is 16.0 Å². The summed E-state index contributed by atoms with van der Waals surface area (Å²) in [7, 11) is 1.79. The van der Waals surface area contributed by atoms with Gasteiger partial charge in [0.05, 0.1) is 0 Å². The van der Waals surface area contributed by atoms with Crippen LogP contribution in [0.2, 0.25) is 0 Å². The first-order chi connectivity index (χ1) is 12.1. The van der Waals surface area contributed by atoms with Crippen LogP contribution in [0.15, 0.2) is 29.3 Å². The van der Waals surface area contributed by atoms with Gasteiger partial charge in [-0.15, -0.1) is 24.0 Å². The Morgan fingerprint density at radius 2 is 2.00 bits per heavy atom. The number of carbonyl (C=O) groups excluding carboxylic acids is 1. The van der Waals surface area contributed by atoms with Crippen LogP contribution in [0.5, 0.6) is 0 Å². The van der Waals surface area contributed by atoms with E-state index in [0.717, 1.165) is 23.8 Å². The molecule has 4 N–H and O–H groups in total. The van der Waals surface area contributed by atoms with E-state index in [9.17, 15) is 4.79 Å². The molecule has 0 aromatic heterocycles. The van der Waals surface area contributed by atoms with Crippen molar-refractivity contribution >= 4 is 53.4 Å². The summed E-state index contributed by atoms with van der Waals surface area (Å²) >= 11 is 2.03. The minimum atomic E-state index is -0.185. The molecule has 1 atom stereocenters. The Hall–Kier alpha value is -1.16. The number of benzene rings is 1. The summed E-state index contributed by atoms with van der Waals surface area (Å²) in [5.74, 6) is 2.10. The maximum atomic E-state index is 11.7. The summed E-state index contributed by atoms with van der Waals surface area (Å²) < 4.78 is 0. The average Bonchev–Trinajstić information content (AvgIpc) is 3.09. The topological polar surface area (TPSA) is 77.5 Å². The molecule has 0 aliphatic carbocycles. The number of nitrogens with one attached hydrogen (secondary N) is 4. The molecule has 146 valence electrons. The van der Waals surface area contributed by atoms with Crippen molar-refractivity contribution in [2.24, 2.45) is 4.99 Å². The zero-order chi connectivity index (χ0) is 18.1. The van der Waals surface area contributed by atoms with Gasteiger partial charge in [0, 0.05) is 37.1 Å². The molecule has 2 amide bonds. The molecule has 0 spiro atoms. The van der Waals surface area contributed by atoms with Gasteiger partial charge in [-0.05, 0) is 50.1 Å². The van der Waals surface area contributed by atoms with Gasteiger partial charge in [-0.25, -0.2) is 4.79 Å². The SMILES string of the molecule is CN=C(NCc1ccc(NC(=O)NC(C)C)cc1)NCC1CCCS1.I. The summed E-state index contributed by atoms with van der Waals surface area (Å²) in [6.45, 7) is 5.51. The predicted octanol–water partition coefficient (Wildman–Crippen LogP) is 3.40. The van der Waals surface area contributed by atoms with Crippen molar-refractivity contribution in [3.8, 4) is 0 Å². The number of anilines is 1. The normalized spacial score (nSPS) is 16.8. The Bertz CT molecular complexity index is 573. The summed E-state index contributed by atoms with van der Waals surface area (Å²) in [5.41, 5.74) is 1.91. The van der Waals surface area contributed by atoms with E-state index in [0.29, 0.717) is 11.8 Å². The molecule has 2 rings (SSSR count). The Labute approximate surface area is 177 Å². The smallest absolute Gasteiger partial charge is 0.319 e. The number of amides is 2. The number of urea groups is 1. The third-order valence-corrected chi connectivity index (χ3v) is 5.23. The van der Waals surface area contributed by atoms with Crippen LogP contribution in [0.3, 0.4) is 0 Å². The van der Waals surface area contributed by atoms with Crippen LogP contribution in [0.1, 0.15) is 32.3 Å². The first kappa shape index (κ1) is 22.9. The number of rotatable bonds is 6. The lowest BCUT2D eigenvalue weighted by Crippen LogP contribution is -2.39. The molecule has 1 unspecified atom stereocenters. The fourth-order valence-corrected chi connectivity index (χ4v) is 3.76. The zero-order valence-electron chi connectivity index (χ0n) is 15.7. The standard InChI is InChI=1S/C18H29N5OS.HI/c1-13(2)22-18(24)23-15-8-6-14(7-9-15)11-20-17(19-3)21-12-16-5-4-10-25-16;/h6-9,13,16H,4-5,10-12H2,1-3H3,(H2,19,20,21)(H2,22,23,24);1H. The lowest BCUT2D eigenvalue weighted by atomic mass is 10.2. The molecular weight excluding hydrogens is 461 g/mol. The van der Waals surface area contributed by atoms with Crippen LogP contribution in [-0.2, 0) is 6.54 Å². The van der Waals surface area contributed by atoms with E-state index in [1.807, 2.05) is 49.9 Å². The van der Waals surface area contributed by atoms with Crippen molar-refractivity contribution in [3.05, 3.63) is 29.8 Å². The fraction of sp³-hybridized carbons (Fsp3) is 0.556. The quantitative estimate of drug-likeness (QED) is 0.280. The molecule has 26 heavy (non-hydrogen) atoms. The summed E-state index contributed by atoms with van der Waals surface area (Å²) in [4.78, 5) is 16.0. The van der Waals surface area contributed by atoms with Crippen LogP contribution < -0.4 is 21.3 Å². The van der Waals surface area contributed by atoms with E-state index in [1.165, 1.54) is 18.6 Å². The number of hydrogen-bond acceptors (Lipinski definition) is 3. The number of aliphatic imine (C=N–C) groups is 1. The second-order valence-corrected chi connectivity index (χ2v) is 7.80. The van der Waals surface area contributed by atoms with Crippen molar-refractivity contribution in [3.63, 3.8) is 0 Å². The molecule has 1 aliphatic heterocycles. The Morgan fingerprint density at radius 3 is 2.58 bits per heavy atom. The number of carbonyl (C=O) groups is 1. The van der Waals surface area contributed by atoms with Crippen molar-refractivity contribution in [2.45, 2.75) is 44.5 Å². The molecule has 1 heterocycles. The lowest BCUT2D eigenvalue weighted by molar-refractivity contribution is 0.250. The second-order valence-electron chi connectivity index (χ2n) is 6.39. The highest BCUT2D eigenvalue weighted by molar-refractivity contribution is 14.0. The van der Waals surface area contributed by atoms with E-state index in [1.54, 1.807) is 7.05 Å². The van der Waals surface area contributed by atoms with Gasteiger partial charge in [0.25, 0.3) is 0 Å². The van der Waals surface area contributed by atoms with Crippen molar-refractivity contribution < 1.29 is 4.79 Å². The number of nitrogens with zero attached hydrogens (tertiary/aromatic N) is 1. The highest BCUT2D eigenvalue weighted by Crippen LogP contribution is 2.25. The molecular formula is C18H30IN5OS. The highest BCUT2D eigenvalue weighted by Gasteiger charge is 2.15. The molecule has 1 saturated heterocycles. The maximum absolute atomic E-state index is 11.7. The molecule has 1 aliphatic rings. The monoisotopic (exact) mass is 491 g/mol. The third kappa shape index (κ3) is 8.48. The molecule has 1 fully saturated rings. The van der Waals surface area contributed by atoms with Gasteiger partial charge in [-0.1, -0.05) is 12.1 Å². The second kappa shape index (κ2) is 12.3. The van der Waals surface area contributed by atoms with Crippen LogP contribution in [0.4, 0.5) is 10.5 Å². The minimum Gasteiger partial charge on any atom is -0.355 e. The highest BCUT2D eigenvalue weighted by atomic mass is 127. The van der Waals surface area contributed by atoms with Gasteiger partial charge in [0.1, 0.15) is 0 Å². The molecule has 0 radical (unpaired) electrons. The molecule has 8 heteroatoms. The summed E-state index contributed by atoms with van der Waals surface area (Å²) in [5, 5.41) is 13.0. The number of guanidine groups is 1. The van der Waals surface area contributed by atoms with Gasteiger partial charge in [0.2, 0.25) is 0 Å². The number of thioether (sulfide) groups is 1. The van der Waals surface area contributed by atoms with E-state index in [4.69, 9.17) is 0 Å². The van der Waals surface area contributed by atoms with Gasteiger partial charge < -0.3 is 21.3 Å². The van der Waals surface area contributed by atoms with E-state index >= 15 is 0 Å². The van der Waals surface area contributed by atoms with Gasteiger partial charge in [-0.2, -0.15) is 11.8 Å². The number of halogens is 1. The van der Waals surface area contributed by atoms with Crippen LogP contribution in [-0.4, -0.2) is 42.6 Å². The molecule has 0 saturated carbocycles. The lowest BCUT2D eigenvalue weighted by Gasteiger charge is -2.15. The third-order valence-electron chi connectivity index (χ3n) is 3.84. The minimum absolute atomic E-state index is 0. The van der Waals surface area contributed by atoms with Gasteiger partial charge in [-0.3, -0.25) is 4.99 Å². The zero-order valence-corrected chi connectivity index (χ0v) is 18.8. The van der Waals surface area contributed by atoms with Crippen LogP contribution in [0.25, 0.3) is 0 Å². The van der Waals surface area contributed by atoms with Gasteiger partial charge in [0.15, 0.2) is 5.96 Å². The van der Waals surface area contributed by atoms with Gasteiger partial charge >= 0.3 is 6.03 Å². The predicted molar refractivity (Wildman–Crippen MR) is 123 cm³/mol. The fourth-order valence-electron chi connectivity index (χ4n) is 2.56. The van der Waals surface area contributed by atoms with E-state index in [2.05, 4.69) is 26.3 Å². The Kier molecular flexibility index (Phi) is 10.8. The van der Waals surface area contributed by atoms with Crippen molar-refractivity contribution in [2.75, 3.05) is 24.7 Å². The van der Waals surface area contributed by atoms with E-state index in [-0.39, 0.29) is 36.0 Å². The molecule has 6 nitrogen and oxygen atoms in total. The molecule has 1 aromatic rings. The maximum Gasteiger partial charge on any atom is 0.319 e. The Morgan fingerprint density at radius 1 is 1.27 bits per heavy atom. The van der Waals surface area contributed by atoms with Crippen LogP contribution in [0, 0.1) is 0 Å². The molecule has 1 aromatic carbocycles. The summed E-state index contributed by atoms with van der Waals surface area (Å²) in [6.07, 6.45) is 2.60. The summed E-state index contributed by atoms with van der Waals surface area (Å²) in [6, 6.07) is 7.74. The first-order valence-corrected chi connectivity index (χ1v) is 9.84. The first-order valence-electron chi connectivity index (χ1n) is 8.79.